The molecule has 0 bridgehead atoms. The van der Waals surface area contributed by atoms with Crippen molar-refractivity contribution in [2.24, 2.45) is 0 Å². The van der Waals surface area contributed by atoms with Crippen LogP contribution < -0.4 is 5.32 Å². The quantitative estimate of drug-likeness (QED) is 0.239. The number of fused-ring (bicyclic) bond motifs is 1. The zero-order valence-corrected chi connectivity index (χ0v) is 22.6. The van der Waals surface area contributed by atoms with Gasteiger partial charge in [0.05, 0.1) is 13.2 Å². The normalized spacial score (nSPS) is 15.2. The summed E-state index contributed by atoms with van der Waals surface area (Å²) >= 11 is 0. The fourth-order valence-electron chi connectivity index (χ4n) is 5.12. The van der Waals surface area contributed by atoms with Crippen molar-refractivity contribution in [3.63, 3.8) is 0 Å². The molecule has 0 radical (unpaired) electrons. The number of anilines is 1. The molecule has 6 heteroatoms. The van der Waals surface area contributed by atoms with Crippen LogP contribution in [0.25, 0.3) is 11.1 Å². The van der Waals surface area contributed by atoms with E-state index >= 15 is 0 Å². The van der Waals surface area contributed by atoms with Crippen molar-refractivity contribution < 1.29 is 19.1 Å². The van der Waals surface area contributed by atoms with Crippen molar-refractivity contribution in [1.29, 1.82) is 0 Å². The lowest BCUT2D eigenvalue weighted by molar-refractivity contribution is -0.146. The van der Waals surface area contributed by atoms with E-state index in [-0.39, 0.29) is 17.9 Å². The number of nitrogens with zero attached hydrogens (tertiary/aromatic N) is 1. The summed E-state index contributed by atoms with van der Waals surface area (Å²) in [5.41, 5.74) is 6.05. The minimum atomic E-state index is -0.612. The SMILES string of the molecule is CCCCCc1ccc(C(=O)Nc2ccc(-c3ccc4c(c3)[C@H](C)N([C@@H](CC)C(=O)OC)C4=O)cc2)cc1. The summed E-state index contributed by atoms with van der Waals surface area (Å²) < 4.78 is 4.93. The molecule has 2 atom stereocenters. The van der Waals surface area contributed by atoms with Crippen LogP contribution in [0, 0.1) is 0 Å². The summed E-state index contributed by atoms with van der Waals surface area (Å²) in [4.78, 5) is 39.7. The minimum absolute atomic E-state index is 0.140. The van der Waals surface area contributed by atoms with Crippen molar-refractivity contribution in [2.75, 3.05) is 12.4 Å². The second-order valence-electron chi connectivity index (χ2n) is 9.82. The van der Waals surface area contributed by atoms with Crippen LogP contribution in [-0.2, 0) is 16.0 Å². The third kappa shape index (κ3) is 5.64. The predicted octanol–water partition coefficient (Wildman–Crippen LogP) is 6.81. The average molecular weight is 513 g/mol. The van der Waals surface area contributed by atoms with Gasteiger partial charge in [-0.25, -0.2) is 4.79 Å². The number of methoxy groups -OCH3 is 1. The van der Waals surface area contributed by atoms with Crippen LogP contribution in [0.2, 0.25) is 0 Å². The van der Waals surface area contributed by atoms with Gasteiger partial charge in [0.1, 0.15) is 6.04 Å². The lowest BCUT2D eigenvalue weighted by Gasteiger charge is -2.29. The molecule has 0 aliphatic carbocycles. The second kappa shape index (κ2) is 12.1. The molecule has 0 aromatic heterocycles. The van der Waals surface area contributed by atoms with Crippen LogP contribution in [0.4, 0.5) is 5.69 Å². The summed E-state index contributed by atoms with van der Waals surface area (Å²) in [6, 6.07) is 20.4. The molecule has 0 unspecified atom stereocenters. The van der Waals surface area contributed by atoms with E-state index in [1.807, 2.05) is 80.6 Å². The Kier molecular flexibility index (Phi) is 8.62. The Morgan fingerprint density at radius 3 is 2.26 bits per heavy atom. The van der Waals surface area contributed by atoms with Crippen LogP contribution in [0.15, 0.2) is 66.7 Å². The number of nitrogens with one attached hydrogen (secondary N) is 1. The topological polar surface area (TPSA) is 75.7 Å². The fraction of sp³-hybridized carbons (Fsp3) is 0.344. The van der Waals surface area contributed by atoms with Crippen molar-refractivity contribution >= 4 is 23.5 Å². The van der Waals surface area contributed by atoms with Crippen molar-refractivity contribution in [3.05, 3.63) is 89.0 Å². The molecule has 4 rings (SSSR count). The first kappa shape index (κ1) is 27.1. The van der Waals surface area contributed by atoms with E-state index in [1.54, 1.807) is 4.90 Å². The number of amides is 2. The van der Waals surface area contributed by atoms with Gasteiger partial charge in [-0.15, -0.1) is 0 Å². The van der Waals surface area contributed by atoms with Crippen LogP contribution in [0.1, 0.15) is 84.3 Å². The van der Waals surface area contributed by atoms with E-state index in [1.165, 1.54) is 31.9 Å². The number of ether oxygens (including phenoxy) is 1. The first-order valence-corrected chi connectivity index (χ1v) is 13.4. The van der Waals surface area contributed by atoms with Gasteiger partial charge >= 0.3 is 5.97 Å². The first-order valence-electron chi connectivity index (χ1n) is 13.4. The molecule has 0 fully saturated rings. The molecule has 1 aliphatic heterocycles. The molecule has 0 saturated heterocycles. The van der Waals surface area contributed by atoms with Crippen LogP contribution in [-0.4, -0.2) is 35.8 Å². The number of hydrogen-bond acceptors (Lipinski definition) is 4. The summed E-state index contributed by atoms with van der Waals surface area (Å²) in [6.45, 7) is 6.01. The molecule has 3 aromatic carbocycles. The smallest absolute Gasteiger partial charge is 0.328 e. The third-order valence-corrected chi connectivity index (χ3v) is 7.34. The number of aryl methyl sites for hydroxylation is 1. The summed E-state index contributed by atoms with van der Waals surface area (Å²) in [7, 11) is 1.35. The highest BCUT2D eigenvalue weighted by molar-refractivity contribution is 6.04. The zero-order chi connectivity index (χ0) is 27.2. The molecule has 0 spiro atoms. The highest BCUT2D eigenvalue weighted by Crippen LogP contribution is 2.38. The summed E-state index contributed by atoms with van der Waals surface area (Å²) in [5.74, 6) is -0.691. The maximum absolute atomic E-state index is 13.1. The molecule has 2 amide bonds. The van der Waals surface area contributed by atoms with Crippen molar-refractivity contribution in [2.45, 2.75) is 65.0 Å². The Bertz CT molecular complexity index is 1300. The molecule has 38 heavy (non-hydrogen) atoms. The van der Waals surface area contributed by atoms with E-state index in [4.69, 9.17) is 4.74 Å². The Morgan fingerprint density at radius 1 is 0.947 bits per heavy atom. The molecular formula is C32H36N2O4. The Hall–Kier alpha value is -3.93. The van der Waals surface area contributed by atoms with Gasteiger partial charge in [0.2, 0.25) is 0 Å². The number of hydrogen-bond donors (Lipinski definition) is 1. The van der Waals surface area contributed by atoms with Crippen LogP contribution >= 0.6 is 0 Å². The predicted molar refractivity (Wildman–Crippen MR) is 150 cm³/mol. The fourth-order valence-corrected chi connectivity index (χ4v) is 5.12. The summed E-state index contributed by atoms with van der Waals surface area (Å²) in [6.07, 6.45) is 5.10. The molecule has 1 heterocycles. The monoisotopic (exact) mass is 512 g/mol. The van der Waals surface area contributed by atoms with Gasteiger partial charge in [0.25, 0.3) is 11.8 Å². The highest BCUT2D eigenvalue weighted by atomic mass is 16.5. The van der Waals surface area contributed by atoms with E-state index in [9.17, 15) is 14.4 Å². The van der Waals surface area contributed by atoms with Crippen LogP contribution in [0.3, 0.4) is 0 Å². The molecule has 0 saturated carbocycles. The Balaban J connectivity index is 1.45. The number of carbonyl (C=O) groups is 3. The molecular weight excluding hydrogens is 476 g/mol. The average Bonchev–Trinajstić information content (AvgIpc) is 3.19. The van der Waals surface area contributed by atoms with Gasteiger partial charge in [-0.05, 0) is 84.8 Å². The second-order valence-corrected chi connectivity index (χ2v) is 9.82. The molecule has 198 valence electrons. The lowest BCUT2D eigenvalue weighted by Crippen LogP contribution is -2.43. The number of benzene rings is 3. The summed E-state index contributed by atoms with van der Waals surface area (Å²) in [5, 5.41) is 2.97. The number of rotatable bonds is 10. The van der Waals surface area contributed by atoms with Gasteiger partial charge in [0.15, 0.2) is 0 Å². The number of unbranched alkanes of at least 4 members (excludes halogenated alkanes) is 2. The lowest BCUT2D eigenvalue weighted by atomic mass is 9.97. The number of carbonyl (C=O) groups excluding carboxylic acids is 3. The number of esters is 1. The van der Waals surface area contributed by atoms with E-state index in [0.717, 1.165) is 23.1 Å². The molecule has 3 aromatic rings. The van der Waals surface area contributed by atoms with Gasteiger partial charge in [0, 0.05) is 16.8 Å². The van der Waals surface area contributed by atoms with E-state index in [0.29, 0.717) is 23.2 Å². The van der Waals surface area contributed by atoms with Gasteiger partial charge in [-0.3, -0.25) is 9.59 Å². The molecule has 1 aliphatic rings. The van der Waals surface area contributed by atoms with Crippen LogP contribution in [0.5, 0.6) is 0 Å². The van der Waals surface area contributed by atoms with E-state index < -0.39 is 12.0 Å². The molecule has 6 nitrogen and oxygen atoms in total. The zero-order valence-electron chi connectivity index (χ0n) is 22.6. The Morgan fingerprint density at radius 2 is 1.63 bits per heavy atom. The van der Waals surface area contributed by atoms with Gasteiger partial charge in [-0.1, -0.05) is 57.0 Å². The van der Waals surface area contributed by atoms with Gasteiger partial charge in [-0.2, -0.15) is 0 Å². The largest absolute Gasteiger partial charge is 0.467 e. The highest BCUT2D eigenvalue weighted by Gasteiger charge is 2.41. The van der Waals surface area contributed by atoms with Crippen molar-refractivity contribution in [3.8, 4) is 11.1 Å². The standard InChI is InChI=1S/C32H36N2O4/c1-5-7-8-9-22-10-12-24(13-11-22)30(35)33-26-17-14-23(15-18-26)25-16-19-27-28(20-25)21(3)34(31(27)36)29(6-2)32(37)38-4/h10-21,29H,5-9H2,1-4H3,(H,33,35)/t21-,29-/m0/s1. The Labute approximate surface area is 225 Å². The molecule has 1 N–H and O–H groups in total. The van der Waals surface area contributed by atoms with E-state index in [2.05, 4.69) is 12.2 Å². The maximum Gasteiger partial charge on any atom is 0.328 e. The van der Waals surface area contributed by atoms with Crippen molar-refractivity contribution in [1.82, 2.24) is 4.90 Å². The first-order chi connectivity index (χ1) is 18.4. The third-order valence-electron chi connectivity index (χ3n) is 7.34. The van der Waals surface area contributed by atoms with Gasteiger partial charge < -0.3 is 15.0 Å². The maximum atomic E-state index is 13.1. The minimum Gasteiger partial charge on any atom is -0.467 e.